The number of ether oxygens (including phenoxy) is 1. The lowest BCUT2D eigenvalue weighted by molar-refractivity contribution is 0.403. The first-order valence-electron chi connectivity index (χ1n) is 8.61. The molecular weight excluding hydrogens is 468 g/mol. The number of nitrogens with zero attached hydrogens (tertiary/aromatic N) is 1. The summed E-state index contributed by atoms with van der Waals surface area (Å²) in [4.78, 5) is -0.120. The molecule has 0 amide bonds. The van der Waals surface area contributed by atoms with Crippen molar-refractivity contribution in [2.75, 3.05) is 28.4 Å². The van der Waals surface area contributed by atoms with Gasteiger partial charge in [0.05, 0.1) is 18.6 Å². The number of sulfonamides is 2. The average molecular weight is 489 g/mol. The quantitative estimate of drug-likeness (QED) is 0.694. The van der Waals surface area contributed by atoms with Crippen LogP contribution in [0.15, 0.2) is 45.8 Å². The molecule has 0 aliphatic carbocycles. The number of benzene rings is 2. The SMILES string of the molecule is COc1ccc(N2CCCCS2(=O)=O)cc1S(=O)(=O)Nc1ccc(C)c(Br)c1. The normalized spacial score (nSPS) is 16.6. The molecule has 28 heavy (non-hydrogen) atoms. The van der Waals surface area contributed by atoms with E-state index in [0.29, 0.717) is 24.3 Å². The largest absolute Gasteiger partial charge is 0.495 e. The third-order valence-corrected chi connectivity index (χ3v) is 8.62. The second-order valence-corrected chi connectivity index (χ2v) is 11.0. The Morgan fingerprint density at radius 2 is 1.89 bits per heavy atom. The molecule has 0 unspecified atom stereocenters. The van der Waals surface area contributed by atoms with E-state index in [1.807, 2.05) is 6.92 Å². The van der Waals surface area contributed by atoms with E-state index in [9.17, 15) is 16.8 Å². The number of hydrogen-bond donors (Lipinski definition) is 1. The van der Waals surface area contributed by atoms with Gasteiger partial charge in [-0.3, -0.25) is 9.03 Å². The summed E-state index contributed by atoms with van der Waals surface area (Å²) in [6.45, 7) is 2.22. The minimum atomic E-state index is -4.00. The standard InChI is InChI=1S/C18H21BrN2O5S2/c1-13-5-6-14(11-16(13)19)20-28(24,25)18-12-15(7-8-17(18)26-2)21-9-3-4-10-27(21,22)23/h5-8,11-12,20H,3-4,9-10H2,1-2H3. The first kappa shape index (κ1) is 20.9. The molecule has 3 rings (SSSR count). The van der Waals surface area contributed by atoms with Crippen molar-refractivity contribution in [2.24, 2.45) is 0 Å². The molecule has 0 atom stereocenters. The van der Waals surface area contributed by atoms with Gasteiger partial charge in [-0.25, -0.2) is 16.8 Å². The second kappa shape index (κ2) is 7.92. The zero-order valence-electron chi connectivity index (χ0n) is 15.5. The van der Waals surface area contributed by atoms with Crippen LogP contribution in [0.2, 0.25) is 0 Å². The van der Waals surface area contributed by atoms with Gasteiger partial charge in [-0.05, 0) is 55.7 Å². The summed E-state index contributed by atoms with van der Waals surface area (Å²) in [5.74, 6) is 0.188. The number of anilines is 2. The van der Waals surface area contributed by atoms with Crippen LogP contribution in [-0.2, 0) is 20.0 Å². The highest BCUT2D eigenvalue weighted by Crippen LogP contribution is 2.33. The molecule has 7 nitrogen and oxygen atoms in total. The van der Waals surface area contributed by atoms with Crippen LogP contribution in [0.4, 0.5) is 11.4 Å². The van der Waals surface area contributed by atoms with Crippen LogP contribution < -0.4 is 13.8 Å². The third-order valence-electron chi connectivity index (χ3n) is 4.50. The van der Waals surface area contributed by atoms with Crippen molar-refractivity contribution in [1.82, 2.24) is 0 Å². The number of aryl methyl sites for hydroxylation is 1. The van der Waals surface area contributed by atoms with Gasteiger partial charge in [0.25, 0.3) is 10.0 Å². The Morgan fingerprint density at radius 3 is 2.54 bits per heavy atom. The summed E-state index contributed by atoms with van der Waals surface area (Å²) in [5, 5.41) is 0. The van der Waals surface area contributed by atoms with Gasteiger partial charge in [0, 0.05) is 16.7 Å². The molecule has 10 heteroatoms. The molecule has 152 valence electrons. The molecule has 1 heterocycles. The number of hydrogen-bond acceptors (Lipinski definition) is 5. The van der Waals surface area contributed by atoms with Crippen molar-refractivity contribution >= 4 is 47.4 Å². The Morgan fingerprint density at radius 1 is 1.14 bits per heavy atom. The van der Waals surface area contributed by atoms with Crippen molar-refractivity contribution in [2.45, 2.75) is 24.7 Å². The molecule has 0 spiro atoms. The van der Waals surface area contributed by atoms with E-state index in [4.69, 9.17) is 4.74 Å². The van der Waals surface area contributed by atoms with E-state index in [1.165, 1.54) is 23.5 Å². The minimum Gasteiger partial charge on any atom is -0.495 e. The highest BCUT2D eigenvalue weighted by Gasteiger charge is 2.28. The van der Waals surface area contributed by atoms with Crippen LogP contribution in [0.5, 0.6) is 5.75 Å². The molecule has 0 radical (unpaired) electrons. The monoisotopic (exact) mass is 488 g/mol. The topological polar surface area (TPSA) is 92.8 Å². The van der Waals surface area contributed by atoms with E-state index in [-0.39, 0.29) is 16.4 Å². The number of methoxy groups -OCH3 is 1. The Bertz CT molecular complexity index is 1100. The number of halogens is 1. The van der Waals surface area contributed by atoms with Gasteiger partial charge in [-0.15, -0.1) is 0 Å². The molecule has 1 aliphatic heterocycles. The molecule has 1 aliphatic rings. The first-order valence-corrected chi connectivity index (χ1v) is 12.5. The minimum absolute atomic E-state index is 0.0523. The van der Waals surface area contributed by atoms with Crippen LogP contribution >= 0.6 is 15.9 Å². The maximum Gasteiger partial charge on any atom is 0.265 e. The summed E-state index contributed by atoms with van der Waals surface area (Å²) >= 11 is 3.38. The Labute approximate surface area is 173 Å². The zero-order chi connectivity index (χ0) is 20.5. The second-order valence-electron chi connectivity index (χ2n) is 6.50. The van der Waals surface area contributed by atoms with E-state index in [2.05, 4.69) is 20.7 Å². The van der Waals surface area contributed by atoms with Crippen LogP contribution in [-0.4, -0.2) is 36.2 Å². The lowest BCUT2D eigenvalue weighted by Gasteiger charge is -2.28. The third kappa shape index (κ3) is 4.28. The molecule has 2 aromatic carbocycles. The van der Waals surface area contributed by atoms with Crippen LogP contribution in [0, 0.1) is 6.92 Å². The Kier molecular flexibility index (Phi) is 5.92. The van der Waals surface area contributed by atoms with Crippen molar-refractivity contribution < 1.29 is 21.6 Å². The Hall–Kier alpha value is -1.78. The van der Waals surface area contributed by atoms with Gasteiger partial charge in [0.15, 0.2) is 0 Å². The molecule has 1 N–H and O–H groups in total. The van der Waals surface area contributed by atoms with Crippen molar-refractivity contribution in [1.29, 1.82) is 0 Å². The van der Waals surface area contributed by atoms with E-state index in [0.717, 1.165) is 16.5 Å². The highest BCUT2D eigenvalue weighted by atomic mass is 79.9. The van der Waals surface area contributed by atoms with Crippen LogP contribution in [0.3, 0.4) is 0 Å². The van der Waals surface area contributed by atoms with Gasteiger partial charge < -0.3 is 4.74 Å². The molecule has 1 fully saturated rings. The fourth-order valence-corrected chi connectivity index (χ4v) is 6.23. The van der Waals surface area contributed by atoms with Crippen LogP contribution in [0.25, 0.3) is 0 Å². The highest BCUT2D eigenvalue weighted by molar-refractivity contribution is 9.10. The van der Waals surface area contributed by atoms with Gasteiger partial charge in [0.1, 0.15) is 10.6 Å². The molecule has 0 aromatic heterocycles. The molecule has 0 saturated carbocycles. The summed E-state index contributed by atoms with van der Waals surface area (Å²) in [6, 6.07) is 9.48. The van der Waals surface area contributed by atoms with Crippen molar-refractivity contribution in [3.05, 3.63) is 46.4 Å². The lowest BCUT2D eigenvalue weighted by atomic mass is 10.2. The molecule has 1 saturated heterocycles. The average Bonchev–Trinajstić information content (AvgIpc) is 2.64. The predicted molar refractivity (Wildman–Crippen MR) is 113 cm³/mol. The summed E-state index contributed by atoms with van der Waals surface area (Å²) in [7, 11) is -6.09. The van der Waals surface area contributed by atoms with Crippen molar-refractivity contribution in [3.8, 4) is 5.75 Å². The summed E-state index contributed by atoms with van der Waals surface area (Å²) in [5.41, 5.74) is 1.67. The molecule has 0 bridgehead atoms. The van der Waals surface area contributed by atoms with Crippen molar-refractivity contribution in [3.63, 3.8) is 0 Å². The summed E-state index contributed by atoms with van der Waals surface area (Å²) in [6.07, 6.45) is 1.33. The summed E-state index contributed by atoms with van der Waals surface area (Å²) < 4.78 is 60.5. The van der Waals surface area contributed by atoms with Gasteiger partial charge in [-0.1, -0.05) is 22.0 Å². The maximum absolute atomic E-state index is 13.0. The number of nitrogens with one attached hydrogen (secondary N) is 1. The zero-order valence-corrected chi connectivity index (χ0v) is 18.7. The van der Waals surface area contributed by atoms with Gasteiger partial charge in [-0.2, -0.15) is 0 Å². The first-order chi connectivity index (χ1) is 13.1. The molecule has 2 aromatic rings. The fraction of sp³-hybridized carbons (Fsp3) is 0.333. The van der Waals surface area contributed by atoms with Gasteiger partial charge >= 0.3 is 0 Å². The van der Waals surface area contributed by atoms with E-state index in [1.54, 1.807) is 24.3 Å². The fourth-order valence-electron chi connectivity index (χ4n) is 2.98. The smallest absolute Gasteiger partial charge is 0.265 e. The van der Waals surface area contributed by atoms with Crippen LogP contribution in [0.1, 0.15) is 18.4 Å². The molecular formula is C18H21BrN2O5S2. The van der Waals surface area contributed by atoms with E-state index >= 15 is 0 Å². The van der Waals surface area contributed by atoms with Gasteiger partial charge in [0.2, 0.25) is 10.0 Å². The lowest BCUT2D eigenvalue weighted by Crippen LogP contribution is -2.37. The predicted octanol–water partition coefficient (Wildman–Crippen LogP) is 3.50. The Balaban J connectivity index is 2.02. The number of rotatable bonds is 5. The maximum atomic E-state index is 13.0. The van der Waals surface area contributed by atoms with E-state index < -0.39 is 20.0 Å².